The van der Waals surface area contributed by atoms with Crippen molar-refractivity contribution in [1.82, 2.24) is 4.98 Å². The number of aromatic amines is 1. The minimum absolute atomic E-state index is 0.168. The first-order valence-electron chi connectivity index (χ1n) is 5.64. The van der Waals surface area contributed by atoms with Gasteiger partial charge in [-0.3, -0.25) is 0 Å². The minimum Gasteiger partial charge on any atom is -0.361 e. The third-order valence-electron chi connectivity index (χ3n) is 2.89. The van der Waals surface area contributed by atoms with E-state index in [1.165, 1.54) is 29.3 Å². The molecule has 0 radical (unpaired) electrons. The lowest BCUT2D eigenvalue weighted by molar-refractivity contribution is 0.606. The van der Waals surface area contributed by atoms with Gasteiger partial charge in [0.15, 0.2) is 0 Å². The highest BCUT2D eigenvalue weighted by Gasteiger charge is 2.10. The number of H-pyrrole nitrogens is 1. The topological polar surface area (TPSA) is 41.8 Å². The van der Waals surface area contributed by atoms with Crippen molar-refractivity contribution in [2.45, 2.75) is 32.2 Å². The number of aromatic nitrogens is 1. The standard InChI is InChI=1S/C13H18N2/c1-2-3-7-12(14)11-9-15-13-8-5-4-6-10(11)13/h4-6,8-9,12,15H,2-3,7,14H2,1H3/t12-/m1/s1. The van der Waals surface area contributed by atoms with Crippen molar-refractivity contribution < 1.29 is 0 Å². The maximum absolute atomic E-state index is 6.17. The lowest BCUT2D eigenvalue weighted by Gasteiger charge is -2.09. The van der Waals surface area contributed by atoms with Crippen LogP contribution in [-0.4, -0.2) is 4.98 Å². The van der Waals surface area contributed by atoms with Crippen molar-refractivity contribution in [2.75, 3.05) is 0 Å². The highest BCUT2D eigenvalue weighted by Crippen LogP contribution is 2.25. The van der Waals surface area contributed by atoms with Crippen molar-refractivity contribution in [3.8, 4) is 0 Å². The first kappa shape index (κ1) is 10.2. The van der Waals surface area contributed by atoms with Gasteiger partial charge in [-0.05, 0) is 18.1 Å². The van der Waals surface area contributed by atoms with E-state index in [4.69, 9.17) is 5.73 Å². The van der Waals surface area contributed by atoms with Crippen molar-refractivity contribution in [2.24, 2.45) is 5.73 Å². The lowest BCUT2D eigenvalue weighted by atomic mass is 10.0. The lowest BCUT2D eigenvalue weighted by Crippen LogP contribution is -2.09. The van der Waals surface area contributed by atoms with Gasteiger partial charge in [-0.25, -0.2) is 0 Å². The molecule has 0 saturated heterocycles. The molecule has 2 rings (SSSR count). The Bertz CT molecular complexity index is 431. The van der Waals surface area contributed by atoms with Gasteiger partial charge in [0.1, 0.15) is 0 Å². The van der Waals surface area contributed by atoms with Crippen LogP contribution in [0.3, 0.4) is 0 Å². The molecule has 0 amide bonds. The zero-order chi connectivity index (χ0) is 10.7. The van der Waals surface area contributed by atoms with Gasteiger partial charge in [0.05, 0.1) is 0 Å². The van der Waals surface area contributed by atoms with Crippen LogP contribution in [0.5, 0.6) is 0 Å². The van der Waals surface area contributed by atoms with Crippen LogP contribution in [0, 0.1) is 0 Å². The predicted molar refractivity (Wildman–Crippen MR) is 64.8 cm³/mol. The number of rotatable bonds is 4. The number of hydrogen-bond acceptors (Lipinski definition) is 1. The monoisotopic (exact) mass is 202 g/mol. The smallest absolute Gasteiger partial charge is 0.0457 e. The highest BCUT2D eigenvalue weighted by atomic mass is 14.7. The van der Waals surface area contributed by atoms with Crippen molar-refractivity contribution in [3.63, 3.8) is 0 Å². The van der Waals surface area contributed by atoms with Crippen LogP contribution < -0.4 is 5.73 Å². The maximum atomic E-state index is 6.17. The van der Waals surface area contributed by atoms with Crippen LogP contribution in [0.15, 0.2) is 30.5 Å². The van der Waals surface area contributed by atoms with E-state index in [2.05, 4.69) is 30.1 Å². The minimum atomic E-state index is 0.168. The van der Waals surface area contributed by atoms with Crippen molar-refractivity contribution in [3.05, 3.63) is 36.0 Å². The number of benzene rings is 1. The Morgan fingerprint density at radius 1 is 1.33 bits per heavy atom. The third kappa shape index (κ3) is 2.05. The average molecular weight is 202 g/mol. The van der Waals surface area contributed by atoms with Crippen LogP contribution in [0.4, 0.5) is 0 Å². The highest BCUT2D eigenvalue weighted by molar-refractivity contribution is 5.83. The molecule has 2 nitrogen and oxygen atoms in total. The van der Waals surface area contributed by atoms with Crippen LogP contribution in [-0.2, 0) is 0 Å². The summed E-state index contributed by atoms with van der Waals surface area (Å²) in [6.07, 6.45) is 5.51. The summed E-state index contributed by atoms with van der Waals surface area (Å²) in [6, 6.07) is 8.49. The number of para-hydroxylation sites is 1. The van der Waals surface area contributed by atoms with Gasteiger partial charge in [0.25, 0.3) is 0 Å². The van der Waals surface area contributed by atoms with Gasteiger partial charge in [-0.15, -0.1) is 0 Å². The van der Waals surface area contributed by atoms with Crippen LogP contribution in [0.1, 0.15) is 37.8 Å². The number of unbranched alkanes of at least 4 members (excludes halogenated alkanes) is 1. The molecule has 3 N–H and O–H groups in total. The molecular formula is C13H18N2. The van der Waals surface area contributed by atoms with Gasteiger partial charge in [0, 0.05) is 23.1 Å². The zero-order valence-electron chi connectivity index (χ0n) is 9.16. The molecule has 80 valence electrons. The molecule has 2 heteroatoms. The molecular weight excluding hydrogens is 184 g/mol. The summed E-state index contributed by atoms with van der Waals surface area (Å²) in [7, 11) is 0. The quantitative estimate of drug-likeness (QED) is 0.784. The molecule has 0 aliphatic rings. The Hall–Kier alpha value is -1.28. The average Bonchev–Trinajstić information content (AvgIpc) is 2.69. The predicted octanol–water partition coefficient (Wildman–Crippen LogP) is 3.36. The maximum Gasteiger partial charge on any atom is 0.0457 e. The first-order valence-corrected chi connectivity index (χ1v) is 5.64. The number of nitrogens with two attached hydrogens (primary N) is 1. The second-order valence-electron chi connectivity index (χ2n) is 4.04. The molecule has 0 fully saturated rings. The second kappa shape index (κ2) is 4.49. The van der Waals surface area contributed by atoms with Gasteiger partial charge < -0.3 is 10.7 Å². The van der Waals surface area contributed by atoms with Crippen LogP contribution in [0.2, 0.25) is 0 Å². The number of hydrogen-bond donors (Lipinski definition) is 2. The molecule has 1 aromatic heterocycles. The fraction of sp³-hybridized carbons (Fsp3) is 0.385. The van der Waals surface area contributed by atoms with Gasteiger partial charge in [-0.2, -0.15) is 0 Å². The number of fused-ring (bicyclic) bond motifs is 1. The second-order valence-corrected chi connectivity index (χ2v) is 4.04. The Kier molecular flexibility index (Phi) is 3.07. The fourth-order valence-corrected chi connectivity index (χ4v) is 1.98. The van der Waals surface area contributed by atoms with E-state index in [-0.39, 0.29) is 6.04 Å². The summed E-state index contributed by atoms with van der Waals surface area (Å²) in [4.78, 5) is 3.27. The van der Waals surface area contributed by atoms with Crippen LogP contribution in [0.25, 0.3) is 10.9 Å². The summed E-state index contributed by atoms with van der Waals surface area (Å²) in [5.41, 5.74) is 8.60. The van der Waals surface area contributed by atoms with E-state index in [0.29, 0.717) is 0 Å². The van der Waals surface area contributed by atoms with E-state index >= 15 is 0 Å². The van der Waals surface area contributed by atoms with E-state index in [9.17, 15) is 0 Å². The first-order chi connectivity index (χ1) is 7.33. The van der Waals surface area contributed by atoms with Gasteiger partial charge >= 0.3 is 0 Å². The third-order valence-corrected chi connectivity index (χ3v) is 2.89. The van der Waals surface area contributed by atoms with E-state index < -0.39 is 0 Å². The van der Waals surface area contributed by atoms with E-state index in [1.54, 1.807) is 0 Å². The molecule has 1 heterocycles. The molecule has 0 aliphatic heterocycles. The molecule has 0 spiro atoms. The summed E-state index contributed by atoms with van der Waals surface area (Å²) in [5.74, 6) is 0. The SMILES string of the molecule is CCCC[C@@H](N)c1c[nH]c2ccccc12. The molecule has 2 aromatic rings. The normalized spacial score (nSPS) is 13.2. The van der Waals surface area contributed by atoms with Crippen molar-refractivity contribution in [1.29, 1.82) is 0 Å². The Morgan fingerprint density at radius 3 is 2.93 bits per heavy atom. The molecule has 15 heavy (non-hydrogen) atoms. The summed E-state index contributed by atoms with van der Waals surface area (Å²) in [5, 5.41) is 1.26. The molecule has 0 unspecified atom stereocenters. The largest absolute Gasteiger partial charge is 0.361 e. The summed E-state index contributed by atoms with van der Waals surface area (Å²) >= 11 is 0. The molecule has 0 aliphatic carbocycles. The summed E-state index contributed by atoms with van der Waals surface area (Å²) in [6.45, 7) is 2.20. The molecule has 0 saturated carbocycles. The molecule has 0 bridgehead atoms. The Balaban J connectivity index is 2.27. The van der Waals surface area contributed by atoms with E-state index in [1.807, 2.05) is 12.3 Å². The zero-order valence-corrected chi connectivity index (χ0v) is 9.16. The molecule has 1 atom stereocenters. The number of nitrogens with one attached hydrogen (secondary N) is 1. The fourth-order valence-electron chi connectivity index (χ4n) is 1.98. The molecule has 1 aromatic carbocycles. The Morgan fingerprint density at radius 2 is 2.13 bits per heavy atom. The Labute approximate surface area is 90.5 Å². The van der Waals surface area contributed by atoms with E-state index in [0.717, 1.165) is 6.42 Å². The van der Waals surface area contributed by atoms with Crippen LogP contribution >= 0.6 is 0 Å². The summed E-state index contributed by atoms with van der Waals surface area (Å²) < 4.78 is 0. The van der Waals surface area contributed by atoms with Gasteiger partial charge in [0.2, 0.25) is 0 Å². The van der Waals surface area contributed by atoms with Crippen molar-refractivity contribution >= 4 is 10.9 Å². The van der Waals surface area contributed by atoms with Gasteiger partial charge in [-0.1, -0.05) is 38.0 Å².